The molecule has 0 saturated carbocycles. The lowest BCUT2D eigenvalue weighted by molar-refractivity contribution is 0.102. The van der Waals surface area contributed by atoms with Crippen LogP contribution >= 0.6 is 0 Å². The van der Waals surface area contributed by atoms with Gasteiger partial charge in [-0.3, -0.25) is 4.79 Å². The van der Waals surface area contributed by atoms with Crippen molar-refractivity contribution in [1.29, 1.82) is 0 Å². The van der Waals surface area contributed by atoms with Gasteiger partial charge in [0.25, 0.3) is 5.91 Å². The Bertz CT molecular complexity index is 781. The minimum absolute atomic E-state index is 0.0798. The summed E-state index contributed by atoms with van der Waals surface area (Å²) in [5, 5.41) is 14.4. The van der Waals surface area contributed by atoms with Crippen molar-refractivity contribution in [3.63, 3.8) is 0 Å². The summed E-state index contributed by atoms with van der Waals surface area (Å²) in [5.41, 5.74) is 1.16. The molecule has 3 aromatic rings. The fourth-order valence-corrected chi connectivity index (χ4v) is 2.12. The van der Waals surface area contributed by atoms with Gasteiger partial charge in [-0.1, -0.05) is 36.4 Å². The SMILES string of the molecule is O=C(Nc1ccc2ccccc2c1)c1cccc(O)c1. The number of benzene rings is 3. The van der Waals surface area contributed by atoms with E-state index in [1.807, 2.05) is 42.5 Å². The summed E-state index contributed by atoms with van der Waals surface area (Å²) < 4.78 is 0. The van der Waals surface area contributed by atoms with Crippen molar-refractivity contribution in [3.8, 4) is 5.75 Å². The van der Waals surface area contributed by atoms with Gasteiger partial charge in [0.15, 0.2) is 0 Å². The molecule has 0 unspecified atom stereocenters. The molecule has 0 aliphatic carbocycles. The van der Waals surface area contributed by atoms with Crippen LogP contribution in [0.4, 0.5) is 5.69 Å². The third kappa shape index (κ3) is 2.47. The summed E-state index contributed by atoms with van der Waals surface area (Å²) in [6.45, 7) is 0. The first-order valence-electron chi connectivity index (χ1n) is 6.31. The molecule has 3 rings (SSSR count). The molecule has 0 atom stereocenters. The molecule has 1 amide bonds. The van der Waals surface area contributed by atoms with E-state index in [4.69, 9.17) is 0 Å². The van der Waals surface area contributed by atoms with Crippen molar-refractivity contribution >= 4 is 22.4 Å². The highest BCUT2D eigenvalue weighted by atomic mass is 16.3. The molecule has 0 aromatic heterocycles. The summed E-state index contributed by atoms with van der Waals surface area (Å²) in [7, 11) is 0. The summed E-state index contributed by atoms with van der Waals surface area (Å²) in [4.78, 5) is 12.1. The van der Waals surface area contributed by atoms with E-state index in [9.17, 15) is 9.90 Å². The highest BCUT2D eigenvalue weighted by Gasteiger charge is 2.06. The Labute approximate surface area is 116 Å². The minimum atomic E-state index is -0.240. The molecule has 0 heterocycles. The largest absolute Gasteiger partial charge is 0.508 e. The van der Waals surface area contributed by atoms with Crippen molar-refractivity contribution in [1.82, 2.24) is 0 Å². The van der Waals surface area contributed by atoms with Gasteiger partial charge in [-0.25, -0.2) is 0 Å². The molecular weight excluding hydrogens is 250 g/mol. The van der Waals surface area contributed by atoms with Crippen LogP contribution in [0.15, 0.2) is 66.7 Å². The molecule has 0 bridgehead atoms. The van der Waals surface area contributed by atoms with E-state index in [1.165, 1.54) is 12.1 Å². The first-order chi connectivity index (χ1) is 9.72. The molecule has 0 aliphatic heterocycles. The number of carbonyl (C=O) groups excluding carboxylic acids is 1. The molecular formula is C17H13NO2. The van der Waals surface area contributed by atoms with Crippen molar-refractivity contribution in [2.45, 2.75) is 0 Å². The van der Waals surface area contributed by atoms with Crippen LogP contribution in [0.1, 0.15) is 10.4 Å². The van der Waals surface area contributed by atoms with Crippen LogP contribution in [0.3, 0.4) is 0 Å². The van der Waals surface area contributed by atoms with E-state index >= 15 is 0 Å². The average molecular weight is 263 g/mol. The van der Waals surface area contributed by atoms with Crippen molar-refractivity contribution in [3.05, 3.63) is 72.3 Å². The molecule has 3 aromatic carbocycles. The van der Waals surface area contributed by atoms with Gasteiger partial charge in [-0.05, 0) is 41.1 Å². The average Bonchev–Trinajstić information content (AvgIpc) is 2.47. The molecule has 0 fully saturated rings. The van der Waals surface area contributed by atoms with Gasteiger partial charge in [0.1, 0.15) is 5.75 Å². The molecule has 98 valence electrons. The van der Waals surface area contributed by atoms with Crippen molar-refractivity contribution in [2.24, 2.45) is 0 Å². The number of phenols is 1. The van der Waals surface area contributed by atoms with E-state index in [2.05, 4.69) is 5.32 Å². The van der Waals surface area contributed by atoms with Gasteiger partial charge >= 0.3 is 0 Å². The van der Waals surface area contributed by atoms with Crippen LogP contribution in [0, 0.1) is 0 Å². The Morgan fingerprint density at radius 2 is 1.65 bits per heavy atom. The highest BCUT2D eigenvalue weighted by Crippen LogP contribution is 2.20. The van der Waals surface area contributed by atoms with E-state index in [0.29, 0.717) is 5.56 Å². The Balaban J connectivity index is 1.87. The molecule has 3 nitrogen and oxygen atoms in total. The number of amides is 1. The number of hydrogen-bond donors (Lipinski definition) is 2. The normalized spacial score (nSPS) is 10.4. The zero-order chi connectivity index (χ0) is 13.9. The maximum atomic E-state index is 12.1. The molecule has 2 N–H and O–H groups in total. The first kappa shape index (κ1) is 12.2. The second kappa shape index (κ2) is 5.05. The van der Waals surface area contributed by atoms with Gasteiger partial charge in [-0.2, -0.15) is 0 Å². The topological polar surface area (TPSA) is 49.3 Å². The predicted octanol–water partition coefficient (Wildman–Crippen LogP) is 3.80. The fourth-order valence-electron chi connectivity index (χ4n) is 2.12. The fraction of sp³-hybridized carbons (Fsp3) is 0. The van der Waals surface area contributed by atoms with Gasteiger partial charge < -0.3 is 10.4 Å². The van der Waals surface area contributed by atoms with Crippen LogP contribution in [0.2, 0.25) is 0 Å². The maximum Gasteiger partial charge on any atom is 0.255 e. The molecule has 0 aliphatic rings. The quantitative estimate of drug-likeness (QED) is 0.738. The van der Waals surface area contributed by atoms with E-state index in [-0.39, 0.29) is 11.7 Å². The molecule has 0 radical (unpaired) electrons. The molecule has 20 heavy (non-hydrogen) atoms. The van der Waals surface area contributed by atoms with Crippen molar-refractivity contribution in [2.75, 3.05) is 5.32 Å². The Kier molecular flexibility index (Phi) is 3.09. The Morgan fingerprint density at radius 1 is 0.850 bits per heavy atom. The van der Waals surface area contributed by atoms with Crippen LogP contribution in [0.5, 0.6) is 5.75 Å². The number of rotatable bonds is 2. The number of fused-ring (bicyclic) bond motifs is 1. The highest BCUT2D eigenvalue weighted by molar-refractivity contribution is 6.05. The van der Waals surface area contributed by atoms with E-state index in [0.717, 1.165) is 16.5 Å². The zero-order valence-corrected chi connectivity index (χ0v) is 10.7. The van der Waals surface area contributed by atoms with E-state index < -0.39 is 0 Å². The van der Waals surface area contributed by atoms with Crippen LogP contribution in [0.25, 0.3) is 10.8 Å². The lowest BCUT2D eigenvalue weighted by Gasteiger charge is -2.07. The number of aromatic hydroxyl groups is 1. The molecule has 3 heteroatoms. The van der Waals surface area contributed by atoms with E-state index in [1.54, 1.807) is 12.1 Å². The Hall–Kier alpha value is -2.81. The van der Waals surface area contributed by atoms with Crippen molar-refractivity contribution < 1.29 is 9.90 Å². The maximum absolute atomic E-state index is 12.1. The lowest BCUT2D eigenvalue weighted by atomic mass is 10.1. The number of carbonyl (C=O) groups is 1. The monoisotopic (exact) mass is 263 g/mol. The second-order valence-corrected chi connectivity index (χ2v) is 4.57. The number of anilines is 1. The summed E-state index contributed by atoms with van der Waals surface area (Å²) in [6, 6.07) is 20.0. The number of nitrogens with one attached hydrogen (secondary N) is 1. The van der Waals surface area contributed by atoms with Gasteiger partial charge in [-0.15, -0.1) is 0 Å². The standard InChI is InChI=1S/C17H13NO2/c19-16-7-3-6-14(11-16)17(20)18-15-9-8-12-4-1-2-5-13(12)10-15/h1-11,19H,(H,18,20). The number of hydrogen-bond acceptors (Lipinski definition) is 2. The summed E-state index contributed by atoms with van der Waals surface area (Å²) in [6.07, 6.45) is 0. The first-order valence-corrected chi connectivity index (χ1v) is 6.31. The van der Waals surface area contributed by atoms with Crippen LogP contribution < -0.4 is 5.32 Å². The van der Waals surface area contributed by atoms with Gasteiger partial charge in [0, 0.05) is 11.3 Å². The lowest BCUT2D eigenvalue weighted by Crippen LogP contribution is -2.11. The predicted molar refractivity (Wildman–Crippen MR) is 80.0 cm³/mol. The van der Waals surface area contributed by atoms with Gasteiger partial charge in [0.2, 0.25) is 0 Å². The Morgan fingerprint density at radius 3 is 2.45 bits per heavy atom. The number of phenolic OH excluding ortho intramolecular Hbond substituents is 1. The van der Waals surface area contributed by atoms with Gasteiger partial charge in [0.05, 0.1) is 0 Å². The van der Waals surface area contributed by atoms with Crippen LogP contribution in [-0.2, 0) is 0 Å². The van der Waals surface area contributed by atoms with Crippen LogP contribution in [-0.4, -0.2) is 11.0 Å². The molecule has 0 saturated heterocycles. The molecule has 0 spiro atoms. The second-order valence-electron chi connectivity index (χ2n) is 4.57. The summed E-state index contributed by atoms with van der Waals surface area (Å²) >= 11 is 0. The smallest absolute Gasteiger partial charge is 0.255 e. The third-order valence-electron chi connectivity index (χ3n) is 3.12. The summed E-state index contributed by atoms with van der Waals surface area (Å²) in [5.74, 6) is -0.160. The third-order valence-corrected chi connectivity index (χ3v) is 3.12. The minimum Gasteiger partial charge on any atom is -0.508 e. The zero-order valence-electron chi connectivity index (χ0n) is 10.7.